The predicted octanol–water partition coefficient (Wildman–Crippen LogP) is 7.48. The van der Waals surface area contributed by atoms with Gasteiger partial charge in [0.15, 0.2) is 0 Å². The molecule has 0 bridgehead atoms. The number of aromatic nitrogens is 1. The first kappa shape index (κ1) is 19.2. The molecule has 2 aliphatic carbocycles. The largest absolute Gasteiger partial charge is 0.256 e. The van der Waals surface area contributed by atoms with Crippen LogP contribution in [-0.2, 0) is 5.41 Å². The monoisotopic (exact) mass is 371 g/mol. The van der Waals surface area contributed by atoms with Crippen molar-refractivity contribution >= 4 is 16.3 Å². The highest BCUT2D eigenvalue weighted by atomic mass is 14.7. The van der Waals surface area contributed by atoms with E-state index in [0.29, 0.717) is 11.8 Å². The predicted molar refractivity (Wildman–Crippen MR) is 121 cm³/mol. The van der Waals surface area contributed by atoms with E-state index in [0.717, 1.165) is 6.42 Å². The van der Waals surface area contributed by atoms with E-state index in [1.54, 1.807) is 0 Å². The lowest BCUT2D eigenvalue weighted by Gasteiger charge is -2.47. The van der Waals surface area contributed by atoms with Crippen molar-refractivity contribution in [3.63, 3.8) is 0 Å². The van der Waals surface area contributed by atoms with Crippen molar-refractivity contribution in [1.29, 1.82) is 0 Å². The first-order chi connectivity index (χ1) is 13.2. The summed E-state index contributed by atoms with van der Waals surface area (Å²) >= 11 is 0. The maximum atomic E-state index is 5.00. The summed E-state index contributed by atoms with van der Waals surface area (Å²) in [6.45, 7) is 16.4. The molecule has 1 aromatic heterocycles. The van der Waals surface area contributed by atoms with Crippen molar-refractivity contribution in [2.75, 3.05) is 0 Å². The number of nitrogens with zero attached hydrogens (tertiary/aromatic N) is 1. The number of hydrogen-bond acceptors (Lipinski definition) is 1. The van der Waals surface area contributed by atoms with Gasteiger partial charge in [-0.25, -0.2) is 0 Å². The molecular weight excluding hydrogens is 338 g/mol. The van der Waals surface area contributed by atoms with Crippen molar-refractivity contribution in [3.8, 4) is 0 Å². The lowest BCUT2D eigenvalue weighted by Crippen LogP contribution is -2.37. The molecule has 1 heteroatoms. The molecule has 2 aromatic rings. The molecule has 0 N–H and O–H groups in total. The zero-order chi connectivity index (χ0) is 20.3. The summed E-state index contributed by atoms with van der Waals surface area (Å²) in [5.41, 5.74) is 7.13. The number of pyridine rings is 1. The third-order valence-electron chi connectivity index (χ3n) is 7.54. The fourth-order valence-electron chi connectivity index (χ4n) is 5.74. The van der Waals surface area contributed by atoms with Crippen LogP contribution >= 0.6 is 0 Å². The quantitative estimate of drug-likeness (QED) is 0.509. The van der Waals surface area contributed by atoms with E-state index in [4.69, 9.17) is 4.98 Å². The maximum absolute atomic E-state index is 5.00. The molecule has 2 unspecified atom stereocenters. The first-order valence-corrected chi connectivity index (χ1v) is 10.7. The third kappa shape index (κ3) is 2.48. The molecular formula is C27H33N. The van der Waals surface area contributed by atoms with Gasteiger partial charge in [-0.15, -0.1) is 0 Å². The number of rotatable bonds is 3. The van der Waals surface area contributed by atoms with Crippen LogP contribution in [0.4, 0.5) is 0 Å². The van der Waals surface area contributed by atoms with Gasteiger partial charge < -0.3 is 0 Å². The molecule has 1 heterocycles. The van der Waals surface area contributed by atoms with Crippen LogP contribution in [0.2, 0.25) is 0 Å². The highest BCUT2D eigenvalue weighted by molar-refractivity contribution is 6.00. The molecule has 2 aliphatic rings. The fraction of sp³-hybridized carbons (Fsp3) is 0.444. The SMILES string of the molecule is CC=CC(C)(C(C)C)C1CC=C(C)C2=C1c1nccc3cccc(c13)C2(C)C. The Morgan fingerprint density at radius 3 is 2.64 bits per heavy atom. The number of allylic oxidation sites excluding steroid dienone is 6. The van der Waals surface area contributed by atoms with Crippen LogP contribution in [0.15, 0.2) is 59.8 Å². The Morgan fingerprint density at radius 2 is 1.96 bits per heavy atom. The van der Waals surface area contributed by atoms with Crippen LogP contribution in [0.3, 0.4) is 0 Å². The zero-order valence-corrected chi connectivity index (χ0v) is 18.4. The Morgan fingerprint density at radius 1 is 1.21 bits per heavy atom. The van der Waals surface area contributed by atoms with Gasteiger partial charge in [0.2, 0.25) is 0 Å². The summed E-state index contributed by atoms with van der Waals surface area (Å²) in [7, 11) is 0. The third-order valence-corrected chi connectivity index (χ3v) is 7.54. The Bertz CT molecular complexity index is 1030. The summed E-state index contributed by atoms with van der Waals surface area (Å²) in [4.78, 5) is 5.00. The Hall–Kier alpha value is -2.15. The lowest BCUT2D eigenvalue weighted by molar-refractivity contribution is 0.219. The molecule has 28 heavy (non-hydrogen) atoms. The van der Waals surface area contributed by atoms with Crippen LogP contribution in [0.1, 0.15) is 66.1 Å². The highest BCUT2D eigenvalue weighted by Crippen LogP contribution is 2.57. The Labute approximate surface area is 170 Å². The molecule has 0 saturated carbocycles. The van der Waals surface area contributed by atoms with Gasteiger partial charge in [-0.3, -0.25) is 4.98 Å². The normalized spacial score (nSPS) is 23.1. The van der Waals surface area contributed by atoms with Crippen molar-refractivity contribution in [2.24, 2.45) is 17.3 Å². The van der Waals surface area contributed by atoms with Gasteiger partial charge in [0, 0.05) is 17.0 Å². The average Bonchev–Trinajstić information content (AvgIpc) is 2.65. The van der Waals surface area contributed by atoms with E-state index >= 15 is 0 Å². The topological polar surface area (TPSA) is 12.9 Å². The summed E-state index contributed by atoms with van der Waals surface area (Å²) in [6, 6.07) is 8.91. The summed E-state index contributed by atoms with van der Waals surface area (Å²) in [5, 5.41) is 2.67. The minimum Gasteiger partial charge on any atom is -0.256 e. The highest BCUT2D eigenvalue weighted by Gasteiger charge is 2.46. The molecule has 4 rings (SSSR count). The van der Waals surface area contributed by atoms with Crippen LogP contribution in [-0.4, -0.2) is 4.98 Å². The average molecular weight is 372 g/mol. The first-order valence-electron chi connectivity index (χ1n) is 10.7. The Kier molecular flexibility index (Phi) is 4.41. The van der Waals surface area contributed by atoms with E-state index in [-0.39, 0.29) is 10.8 Å². The van der Waals surface area contributed by atoms with Crippen LogP contribution in [0.25, 0.3) is 16.3 Å². The van der Waals surface area contributed by atoms with E-state index in [2.05, 4.69) is 91.0 Å². The van der Waals surface area contributed by atoms with E-state index in [1.807, 2.05) is 6.20 Å². The molecule has 0 amide bonds. The van der Waals surface area contributed by atoms with Crippen molar-refractivity contribution in [2.45, 2.75) is 60.3 Å². The van der Waals surface area contributed by atoms with Crippen molar-refractivity contribution in [1.82, 2.24) is 4.98 Å². The molecule has 146 valence electrons. The smallest absolute Gasteiger partial charge is 0.0749 e. The maximum Gasteiger partial charge on any atom is 0.0749 e. The zero-order valence-electron chi connectivity index (χ0n) is 18.4. The second-order valence-corrected chi connectivity index (χ2v) is 9.67. The van der Waals surface area contributed by atoms with Crippen LogP contribution in [0, 0.1) is 17.3 Å². The molecule has 0 saturated heterocycles. The lowest BCUT2D eigenvalue weighted by atomic mass is 9.56. The summed E-state index contributed by atoms with van der Waals surface area (Å²) < 4.78 is 0. The second-order valence-electron chi connectivity index (χ2n) is 9.67. The van der Waals surface area contributed by atoms with Gasteiger partial charge in [0.1, 0.15) is 0 Å². The summed E-state index contributed by atoms with van der Waals surface area (Å²) in [5.74, 6) is 0.988. The molecule has 1 aromatic carbocycles. The standard InChI is InChI=1S/C27H33N/c1-8-15-27(7,17(2)3)21-13-12-18(4)24-23(21)25-22-19(14-16-28-25)10-9-11-20(22)26(24,5)6/h8-12,14-17,21H,13H2,1-7H3. The van der Waals surface area contributed by atoms with Gasteiger partial charge in [-0.05, 0) is 65.7 Å². The second kappa shape index (κ2) is 6.44. The van der Waals surface area contributed by atoms with E-state index in [1.165, 1.54) is 38.7 Å². The minimum atomic E-state index is -0.0159. The Balaban J connectivity index is 2.10. The van der Waals surface area contributed by atoms with E-state index in [9.17, 15) is 0 Å². The molecule has 0 spiro atoms. The van der Waals surface area contributed by atoms with Crippen LogP contribution < -0.4 is 0 Å². The molecule has 0 radical (unpaired) electrons. The molecule has 0 fully saturated rings. The fourth-order valence-corrected chi connectivity index (χ4v) is 5.74. The van der Waals surface area contributed by atoms with Gasteiger partial charge >= 0.3 is 0 Å². The van der Waals surface area contributed by atoms with E-state index < -0.39 is 0 Å². The number of fused-ring (bicyclic) bond motifs is 1. The van der Waals surface area contributed by atoms with Gasteiger partial charge in [-0.2, -0.15) is 0 Å². The summed E-state index contributed by atoms with van der Waals surface area (Å²) in [6.07, 6.45) is 10.2. The molecule has 1 nitrogen and oxygen atoms in total. The molecule has 0 aliphatic heterocycles. The van der Waals surface area contributed by atoms with Gasteiger partial charge in [0.05, 0.1) is 5.69 Å². The number of benzene rings is 1. The number of hydrogen-bond donors (Lipinski definition) is 0. The van der Waals surface area contributed by atoms with Crippen molar-refractivity contribution < 1.29 is 0 Å². The van der Waals surface area contributed by atoms with Crippen molar-refractivity contribution in [3.05, 3.63) is 71.1 Å². The van der Waals surface area contributed by atoms with Crippen LogP contribution in [0.5, 0.6) is 0 Å². The molecule has 2 atom stereocenters. The van der Waals surface area contributed by atoms with Gasteiger partial charge in [0.25, 0.3) is 0 Å². The minimum absolute atomic E-state index is 0.0159. The van der Waals surface area contributed by atoms with Gasteiger partial charge in [-0.1, -0.05) is 76.6 Å².